The fourth-order valence-electron chi connectivity index (χ4n) is 4.10. The van der Waals surface area contributed by atoms with Crippen molar-refractivity contribution in [2.75, 3.05) is 13.1 Å². The van der Waals surface area contributed by atoms with E-state index in [0.29, 0.717) is 18.1 Å². The quantitative estimate of drug-likeness (QED) is 0.369. The zero-order valence-electron chi connectivity index (χ0n) is 20.6. The first-order valence-corrected chi connectivity index (χ1v) is 12.4. The largest absolute Gasteiger partial charge is 0.367 e. The SMILES string of the molecule is CC(C)(C)C(=O)ON1CCC(n2cc(-c3cnc4[nH]cc(C#Cc5ccccc5Cl)c4c3)cn2)CC1. The van der Waals surface area contributed by atoms with Crippen LogP contribution in [-0.4, -0.2) is 43.9 Å². The second-order valence-corrected chi connectivity index (χ2v) is 10.5. The zero-order chi connectivity index (χ0) is 25.3. The number of piperidine rings is 1. The highest BCUT2D eigenvalue weighted by Crippen LogP contribution is 2.28. The van der Waals surface area contributed by atoms with Gasteiger partial charge in [0.15, 0.2) is 0 Å². The fraction of sp³-hybridized carbons (Fsp3) is 0.321. The third kappa shape index (κ3) is 5.15. The van der Waals surface area contributed by atoms with Gasteiger partial charge in [-0.05, 0) is 51.8 Å². The molecule has 1 fully saturated rings. The summed E-state index contributed by atoms with van der Waals surface area (Å²) in [5.41, 5.74) is 3.90. The Hall–Kier alpha value is -3.60. The van der Waals surface area contributed by atoms with Gasteiger partial charge in [0.2, 0.25) is 0 Å². The molecule has 36 heavy (non-hydrogen) atoms. The van der Waals surface area contributed by atoms with E-state index in [0.717, 1.165) is 46.1 Å². The first-order valence-electron chi connectivity index (χ1n) is 12.0. The highest BCUT2D eigenvalue weighted by Gasteiger charge is 2.29. The van der Waals surface area contributed by atoms with Crippen molar-refractivity contribution in [3.8, 4) is 23.0 Å². The van der Waals surface area contributed by atoms with Gasteiger partial charge in [-0.15, -0.1) is 5.06 Å². The topological polar surface area (TPSA) is 76.0 Å². The molecule has 0 unspecified atom stereocenters. The number of benzene rings is 1. The molecule has 7 nitrogen and oxygen atoms in total. The maximum absolute atomic E-state index is 12.2. The summed E-state index contributed by atoms with van der Waals surface area (Å²) in [7, 11) is 0. The number of hydroxylamine groups is 2. The summed E-state index contributed by atoms with van der Waals surface area (Å²) in [6.07, 6.45) is 9.36. The molecule has 1 aliphatic rings. The van der Waals surface area contributed by atoms with Crippen LogP contribution in [0.3, 0.4) is 0 Å². The van der Waals surface area contributed by atoms with Crippen molar-refractivity contribution in [2.24, 2.45) is 5.41 Å². The van der Waals surface area contributed by atoms with Gasteiger partial charge in [0, 0.05) is 53.8 Å². The molecule has 0 bridgehead atoms. The molecular formula is C28H28ClN5O2. The van der Waals surface area contributed by atoms with Crippen LogP contribution >= 0.6 is 11.6 Å². The second kappa shape index (κ2) is 9.81. The Morgan fingerprint density at radius 2 is 1.86 bits per heavy atom. The van der Waals surface area contributed by atoms with Gasteiger partial charge >= 0.3 is 5.97 Å². The molecule has 1 aromatic carbocycles. The van der Waals surface area contributed by atoms with Crippen LogP contribution in [0.5, 0.6) is 0 Å². The average molecular weight is 502 g/mol. The molecule has 1 N–H and O–H groups in total. The van der Waals surface area contributed by atoms with Gasteiger partial charge < -0.3 is 9.82 Å². The molecule has 4 aromatic rings. The number of pyridine rings is 1. The number of halogens is 1. The maximum atomic E-state index is 12.2. The number of carbonyl (C=O) groups excluding carboxylic acids is 1. The van der Waals surface area contributed by atoms with Crippen LogP contribution in [0, 0.1) is 17.3 Å². The van der Waals surface area contributed by atoms with Gasteiger partial charge in [0.05, 0.1) is 28.2 Å². The molecule has 0 amide bonds. The van der Waals surface area contributed by atoms with Crippen molar-refractivity contribution in [2.45, 2.75) is 39.7 Å². The van der Waals surface area contributed by atoms with Crippen LogP contribution in [0.25, 0.3) is 22.2 Å². The predicted octanol–water partition coefficient (Wildman–Crippen LogP) is 5.62. The first-order chi connectivity index (χ1) is 17.3. The van der Waals surface area contributed by atoms with Gasteiger partial charge in [-0.3, -0.25) is 4.68 Å². The number of rotatable bonds is 3. The second-order valence-electron chi connectivity index (χ2n) is 10.1. The number of hydrogen-bond acceptors (Lipinski definition) is 5. The Labute approximate surface area is 215 Å². The number of fused-ring (bicyclic) bond motifs is 1. The third-order valence-corrected chi connectivity index (χ3v) is 6.62. The van der Waals surface area contributed by atoms with Crippen LogP contribution in [0.1, 0.15) is 50.8 Å². The lowest BCUT2D eigenvalue weighted by atomic mass is 9.98. The summed E-state index contributed by atoms with van der Waals surface area (Å²) in [5.74, 6) is 6.17. The Kier molecular flexibility index (Phi) is 6.57. The molecule has 4 heterocycles. The van der Waals surface area contributed by atoms with Crippen molar-refractivity contribution in [3.05, 3.63) is 71.3 Å². The minimum Gasteiger partial charge on any atom is -0.367 e. The lowest BCUT2D eigenvalue weighted by molar-refractivity contribution is -0.205. The van der Waals surface area contributed by atoms with E-state index in [-0.39, 0.29) is 12.0 Å². The van der Waals surface area contributed by atoms with Crippen LogP contribution in [0.15, 0.2) is 55.1 Å². The summed E-state index contributed by atoms with van der Waals surface area (Å²) in [4.78, 5) is 25.5. The van der Waals surface area contributed by atoms with E-state index in [4.69, 9.17) is 16.4 Å². The molecule has 0 atom stereocenters. The minimum absolute atomic E-state index is 0.203. The van der Waals surface area contributed by atoms with Crippen molar-refractivity contribution in [1.82, 2.24) is 24.8 Å². The molecule has 5 rings (SSSR count). The van der Waals surface area contributed by atoms with Crippen LogP contribution in [-0.2, 0) is 9.63 Å². The molecule has 3 aromatic heterocycles. The van der Waals surface area contributed by atoms with E-state index in [1.54, 1.807) is 5.06 Å². The average Bonchev–Trinajstić information content (AvgIpc) is 3.51. The van der Waals surface area contributed by atoms with E-state index < -0.39 is 5.41 Å². The fourth-order valence-corrected chi connectivity index (χ4v) is 4.28. The molecular weight excluding hydrogens is 474 g/mol. The van der Waals surface area contributed by atoms with Gasteiger partial charge in [0.1, 0.15) is 5.65 Å². The number of aromatic amines is 1. The molecule has 0 radical (unpaired) electrons. The lowest BCUT2D eigenvalue weighted by Gasteiger charge is -2.32. The summed E-state index contributed by atoms with van der Waals surface area (Å²) >= 11 is 6.25. The Morgan fingerprint density at radius 1 is 1.11 bits per heavy atom. The summed E-state index contributed by atoms with van der Waals surface area (Å²) in [6.45, 7) is 6.96. The predicted molar refractivity (Wildman–Crippen MR) is 140 cm³/mol. The number of hydrogen-bond donors (Lipinski definition) is 1. The van der Waals surface area contributed by atoms with Gasteiger partial charge in [-0.2, -0.15) is 5.10 Å². The zero-order valence-corrected chi connectivity index (χ0v) is 21.3. The van der Waals surface area contributed by atoms with Gasteiger partial charge in [0.25, 0.3) is 0 Å². The lowest BCUT2D eigenvalue weighted by Crippen LogP contribution is -2.39. The van der Waals surface area contributed by atoms with Crippen LogP contribution < -0.4 is 0 Å². The van der Waals surface area contributed by atoms with Crippen molar-refractivity contribution in [1.29, 1.82) is 0 Å². The third-order valence-electron chi connectivity index (χ3n) is 6.29. The van der Waals surface area contributed by atoms with Crippen LogP contribution in [0.4, 0.5) is 0 Å². The van der Waals surface area contributed by atoms with Crippen molar-refractivity contribution in [3.63, 3.8) is 0 Å². The number of H-pyrrole nitrogens is 1. The Morgan fingerprint density at radius 3 is 2.61 bits per heavy atom. The van der Waals surface area contributed by atoms with E-state index in [1.807, 2.05) is 68.3 Å². The highest BCUT2D eigenvalue weighted by molar-refractivity contribution is 6.31. The maximum Gasteiger partial charge on any atom is 0.330 e. The minimum atomic E-state index is -0.512. The number of nitrogens with zero attached hydrogens (tertiary/aromatic N) is 4. The summed E-state index contributed by atoms with van der Waals surface area (Å²) in [5, 5.41) is 7.98. The highest BCUT2D eigenvalue weighted by atomic mass is 35.5. The molecule has 0 aliphatic carbocycles. The monoisotopic (exact) mass is 501 g/mol. The standard InChI is InChI=1S/C28H28ClN5O2/c1-28(2,3)27(35)36-33-12-10-23(11-13-33)34-18-22(17-32-34)21-14-24-20(15-30-26(24)31-16-21)9-8-19-6-4-5-7-25(19)29/h4-7,14-18,23H,10-13H2,1-3H3,(H,30,31). The Balaban J connectivity index is 1.30. The van der Waals surface area contributed by atoms with Crippen molar-refractivity contribution >= 4 is 28.6 Å². The number of aromatic nitrogens is 4. The smallest absolute Gasteiger partial charge is 0.330 e. The summed E-state index contributed by atoms with van der Waals surface area (Å²) in [6, 6.07) is 9.89. The van der Waals surface area contributed by atoms with Crippen molar-refractivity contribution < 1.29 is 9.63 Å². The number of carbonyl (C=O) groups is 1. The molecule has 184 valence electrons. The van der Waals surface area contributed by atoms with E-state index in [1.165, 1.54) is 0 Å². The van der Waals surface area contributed by atoms with Crippen LogP contribution in [0.2, 0.25) is 5.02 Å². The first kappa shape index (κ1) is 24.1. The summed E-state index contributed by atoms with van der Waals surface area (Å²) < 4.78 is 2.01. The Bertz CT molecular complexity index is 1460. The molecule has 0 saturated carbocycles. The molecule has 8 heteroatoms. The molecule has 0 spiro atoms. The van der Waals surface area contributed by atoms with Gasteiger partial charge in [-0.1, -0.05) is 35.6 Å². The molecule has 1 aliphatic heterocycles. The number of nitrogens with one attached hydrogen (secondary N) is 1. The normalized spacial score (nSPS) is 15.0. The molecule has 1 saturated heterocycles. The van der Waals surface area contributed by atoms with Gasteiger partial charge in [-0.25, -0.2) is 9.78 Å². The van der Waals surface area contributed by atoms with E-state index in [9.17, 15) is 4.79 Å². The van der Waals surface area contributed by atoms with E-state index >= 15 is 0 Å². The van der Waals surface area contributed by atoms with E-state index in [2.05, 4.69) is 39.2 Å².